The van der Waals surface area contributed by atoms with Crippen molar-refractivity contribution in [3.63, 3.8) is 0 Å². The lowest BCUT2D eigenvalue weighted by molar-refractivity contribution is 0.182. The van der Waals surface area contributed by atoms with Crippen molar-refractivity contribution in [1.82, 2.24) is 10.6 Å². The molecule has 0 amide bonds. The molecule has 1 aromatic rings. The van der Waals surface area contributed by atoms with E-state index in [4.69, 9.17) is 0 Å². The van der Waals surface area contributed by atoms with Gasteiger partial charge in [-0.3, -0.25) is 4.99 Å². The van der Waals surface area contributed by atoms with Crippen molar-refractivity contribution in [2.75, 3.05) is 19.6 Å². The predicted molar refractivity (Wildman–Crippen MR) is 84.9 cm³/mol. The zero-order valence-electron chi connectivity index (χ0n) is 12.9. The van der Waals surface area contributed by atoms with E-state index < -0.39 is 11.9 Å². The fourth-order valence-corrected chi connectivity index (χ4v) is 1.94. The van der Waals surface area contributed by atoms with Crippen LogP contribution in [0.1, 0.15) is 44.8 Å². The van der Waals surface area contributed by atoms with Crippen LogP contribution in [0.4, 0.5) is 4.39 Å². The largest absolute Gasteiger partial charge is 0.386 e. The molecule has 0 aliphatic rings. The van der Waals surface area contributed by atoms with Crippen molar-refractivity contribution >= 4 is 5.96 Å². The number of unbranched alkanes of at least 4 members (excludes halogenated alkanes) is 2. The summed E-state index contributed by atoms with van der Waals surface area (Å²) in [4.78, 5) is 4.31. The Bertz CT molecular complexity index is 437. The fraction of sp³-hybridized carbons (Fsp3) is 0.562. The standard InChI is InChI=1S/C16H26FN3O/c1-3-5-8-11-19-16(18-4-2)20-12-15(21)13-9-6-7-10-14(13)17/h6-7,9-10,15,21H,3-5,8,11-12H2,1-2H3,(H2,18,19,20). The molecule has 0 spiro atoms. The molecule has 0 saturated heterocycles. The second-order valence-corrected chi connectivity index (χ2v) is 4.89. The highest BCUT2D eigenvalue weighted by molar-refractivity contribution is 5.79. The fourth-order valence-electron chi connectivity index (χ4n) is 1.94. The van der Waals surface area contributed by atoms with Crippen molar-refractivity contribution in [2.24, 2.45) is 4.99 Å². The van der Waals surface area contributed by atoms with Crippen LogP contribution in [-0.4, -0.2) is 30.7 Å². The Morgan fingerprint density at radius 2 is 2.00 bits per heavy atom. The van der Waals surface area contributed by atoms with E-state index in [1.807, 2.05) is 6.92 Å². The monoisotopic (exact) mass is 295 g/mol. The molecular weight excluding hydrogens is 269 g/mol. The zero-order valence-corrected chi connectivity index (χ0v) is 12.9. The van der Waals surface area contributed by atoms with Crippen molar-refractivity contribution in [3.05, 3.63) is 35.6 Å². The highest BCUT2D eigenvalue weighted by atomic mass is 19.1. The van der Waals surface area contributed by atoms with Gasteiger partial charge >= 0.3 is 0 Å². The maximum atomic E-state index is 13.6. The number of benzene rings is 1. The molecule has 0 fully saturated rings. The van der Waals surface area contributed by atoms with E-state index in [1.165, 1.54) is 18.9 Å². The minimum atomic E-state index is -0.933. The van der Waals surface area contributed by atoms with Crippen LogP contribution in [0, 0.1) is 5.82 Å². The number of nitrogens with zero attached hydrogens (tertiary/aromatic N) is 1. The van der Waals surface area contributed by atoms with E-state index in [0.717, 1.165) is 19.5 Å². The summed E-state index contributed by atoms with van der Waals surface area (Å²) >= 11 is 0. The van der Waals surface area contributed by atoms with Crippen molar-refractivity contribution in [2.45, 2.75) is 39.2 Å². The van der Waals surface area contributed by atoms with E-state index in [2.05, 4.69) is 22.5 Å². The molecule has 21 heavy (non-hydrogen) atoms. The summed E-state index contributed by atoms with van der Waals surface area (Å²) in [5, 5.41) is 16.4. The first-order valence-corrected chi connectivity index (χ1v) is 7.63. The van der Waals surface area contributed by atoms with Crippen LogP contribution in [0.5, 0.6) is 0 Å². The summed E-state index contributed by atoms with van der Waals surface area (Å²) in [7, 11) is 0. The first-order valence-electron chi connectivity index (χ1n) is 7.63. The summed E-state index contributed by atoms with van der Waals surface area (Å²) in [6.07, 6.45) is 2.49. The third kappa shape index (κ3) is 6.58. The minimum absolute atomic E-state index is 0.129. The lowest BCUT2D eigenvalue weighted by Gasteiger charge is -2.13. The molecule has 0 saturated carbocycles. The van der Waals surface area contributed by atoms with Gasteiger partial charge in [-0.2, -0.15) is 0 Å². The smallest absolute Gasteiger partial charge is 0.191 e. The highest BCUT2D eigenvalue weighted by Gasteiger charge is 2.11. The van der Waals surface area contributed by atoms with E-state index in [9.17, 15) is 9.50 Å². The van der Waals surface area contributed by atoms with E-state index >= 15 is 0 Å². The Morgan fingerprint density at radius 3 is 2.67 bits per heavy atom. The van der Waals surface area contributed by atoms with Gasteiger partial charge in [0.1, 0.15) is 11.9 Å². The number of hydrogen-bond donors (Lipinski definition) is 3. The molecule has 1 atom stereocenters. The van der Waals surface area contributed by atoms with Gasteiger partial charge < -0.3 is 15.7 Å². The van der Waals surface area contributed by atoms with Gasteiger partial charge in [-0.05, 0) is 19.4 Å². The summed E-state index contributed by atoms with van der Waals surface area (Å²) < 4.78 is 13.6. The van der Waals surface area contributed by atoms with E-state index in [0.29, 0.717) is 5.96 Å². The summed E-state index contributed by atoms with van der Waals surface area (Å²) in [5.41, 5.74) is 0.281. The van der Waals surface area contributed by atoms with Crippen LogP contribution in [0.3, 0.4) is 0 Å². The molecular formula is C16H26FN3O. The average molecular weight is 295 g/mol. The molecule has 1 aromatic carbocycles. The van der Waals surface area contributed by atoms with Gasteiger partial charge in [0.25, 0.3) is 0 Å². The summed E-state index contributed by atoms with van der Waals surface area (Å²) in [5.74, 6) is 0.255. The molecule has 0 heterocycles. The molecule has 5 heteroatoms. The third-order valence-electron chi connectivity index (χ3n) is 3.10. The van der Waals surface area contributed by atoms with Gasteiger partial charge in [-0.15, -0.1) is 0 Å². The molecule has 0 aliphatic carbocycles. The summed E-state index contributed by atoms with van der Waals surface area (Å²) in [6, 6.07) is 6.24. The van der Waals surface area contributed by atoms with Crippen LogP contribution in [0.2, 0.25) is 0 Å². The zero-order chi connectivity index (χ0) is 15.5. The van der Waals surface area contributed by atoms with E-state index in [-0.39, 0.29) is 12.1 Å². The number of guanidine groups is 1. The normalized spacial score (nSPS) is 13.0. The second-order valence-electron chi connectivity index (χ2n) is 4.89. The molecule has 1 rings (SSSR count). The Hall–Kier alpha value is -1.62. The number of aliphatic imine (C=N–C) groups is 1. The number of halogens is 1. The number of hydrogen-bond acceptors (Lipinski definition) is 2. The molecule has 118 valence electrons. The second kappa shape index (κ2) is 10.2. The van der Waals surface area contributed by atoms with Crippen molar-refractivity contribution < 1.29 is 9.50 Å². The van der Waals surface area contributed by atoms with Crippen LogP contribution in [-0.2, 0) is 0 Å². The average Bonchev–Trinajstić information content (AvgIpc) is 2.49. The van der Waals surface area contributed by atoms with Crippen molar-refractivity contribution in [1.29, 1.82) is 0 Å². The van der Waals surface area contributed by atoms with Crippen LogP contribution >= 0.6 is 0 Å². The first kappa shape index (κ1) is 17.4. The van der Waals surface area contributed by atoms with Gasteiger partial charge in [0.2, 0.25) is 0 Å². The molecule has 0 aromatic heterocycles. The third-order valence-corrected chi connectivity index (χ3v) is 3.10. The van der Waals surface area contributed by atoms with Gasteiger partial charge in [-0.1, -0.05) is 38.0 Å². The van der Waals surface area contributed by atoms with Gasteiger partial charge in [-0.25, -0.2) is 4.39 Å². The quantitative estimate of drug-likeness (QED) is 0.392. The van der Waals surface area contributed by atoms with Crippen LogP contribution < -0.4 is 10.6 Å². The molecule has 1 unspecified atom stereocenters. The van der Waals surface area contributed by atoms with Crippen molar-refractivity contribution in [3.8, 4) is 0 Å². The highest BCUT2D eigenvalue weighted by Crippen LogP contribution is 2.16. The number of aliphatic hydroxyl groups is 1. The molecule has 0 radical (unpaired) electrons. The Morgan fingerprint density at radius 1 is 1.24 bits per heavy atom. The first-order chi connectivity index (χ1) is 10.2. The molecule has 0 aliphatic heterocycles. The number of rotatable bonds is 8. The minimum Gasteiger partial charge on any atom is -0.386 e. The van der Waals surface area contributed by atoms with Gasteiger partial charge in [0.15, 0.2) is 5.96 Å². The number of aliphatic hydroxyl groups excluding tert-OH is 1. The van der Waals surface area contributed by atoms with Crippen LogP contribution in [0.25, 0.3) is 0 Å². The SMILES string of the molecule is CCCCCNC(=NCC(O)c1ccccc1F)NCC. The lowest BCUT2D eigenvalue weighted by atomic mass is 10.1. The maximum Gasteiger partial charge on any atom is 0.191 e. The molecule has 0 bridgehead atoms. The summed E-state index contributed by atoms with van der Waals surface area (Å²) in [6.45, 7) is 5.86. The molecule has 3 N–H and O–H groups in total. The van der Waals surface area contributed by atoms with Gasteiger partial charge in [0.05, 0.1) is 6.54 Å². The Labute approximate surface area is 126 Å². The topological polar surface area (TPSA) is 56.7 Å². The van der Waals surface area contributed by atoms with E-state index in [1.54, 1.807) is 18.2 Å². The van der Waals surface area contributed by atoms with Gasteiger partial charge in [0, 0.05) is 18.7 Å². The molecule has 4 nitrogen and oxygen atoms in total. The van der Waals surface area contributed by atoms with Crippen LogP contribution in [0.15, 0.2) is 29.3 Å². The predicted octanol–water partition coefficient (Wildman–Crippen LogP) is 2.60. The Balaban J connectivity index is 2.54. The lowest BCUT2D eigenvalue weighted by Crippen LogP contribution is -2.38. The Kier molecular flexibility index (Phi) is 8.43. The maximum absolute atomic E-state index is 13.6. The number of nitrogens with one attached hydrogen (secondary N) is 2.